The summed E-state index contributed by atoms with van der Waals surface area (Å²) < 4.78 is 42.8. The lowest BCUT2D eigenvalue weighted by Crippen LogP contribution is -2.51. The molecule has 0 radical (unpaired) electrons. The third-order valence-corrected chi connectivity index (χ3v) is 2.36. The predicted molar refractivity (Wildman–Crippen MR) is 57.9 cm³/mol. The van der Waals surface area contributed by atoms with Crippen LogP contribution in [0, 0.1) is 0 Å². The van der Waals surface area contributed by atoms with Gasteiger partial charge in [-0.3, -0.25) is 4.79 Å². The number of nitrogens with zero attached hydrogens (tertiary/aromatic N) is 1. The van der Waals surface area contributed by atoms with Gasteiger partial charge < -0.3 is 14.8 Å². The quantitative estimate of drug-likeness (QED) is 0.701. The molecule has 0 aromatic carbocycles. The number of aromatic nitrogens is 1. The smallest absolute Gasteiger partial charge is 0.428 e. The van der Waals surface area contributed by atoms with Crippen molar-refractivity contribution < 1.29 is 27.5 Å². The molecule has 5 nitrogen and oxygen atoms in total. The molecule has 1 amide bonds. The molecular formula is C9H11F3N2O3S. The summed E-state index contributed by atoms with van der Waals surface area (Å²) in [6.07, 6.45) is -3.20. The Hall–Kier alpha value is -1.22. The number of amides is 1. The van der Waals surface area contributed by atoms with Crippen molar-refractivity contribution in [3.05, 3.63) is 18.4 Å². The van der Waals surface area contributed by atoms with Gasteiger partial charge in [-0.15, -0.1) is 0 Å². The first kappa shape index (κ1) is 14.8. The van der Waals surface area contributed by atoms with E-state index in [4.69, 9.17) is 0 Å². The summed E-state index contributed by atoms with van der Waals surface area (Å²) in [5.41, 5.74) is -3.34. The largest absolute Gasteiger partial charge is 0.446 e. The lowest BCUT2D eigenvalue weighted by atomic mass is 10.0. The van der Waals surface area contributed by atoms with Gasteiger partial charge in [0.1, 0.15) is 6.26 Å². The summed E-state index contributed by atoms with van der Waals surface area (Å²) in [4.78, 5) is 14.4. The molecule has 18 heavy (non-hydrogen) atoms. The second-order valence-corrected chi connectivity index (χ2v) is 3.89. The van der Waals surface area contributed by atoms with Crippen LogP contribution < -0.4 is 5.32 Å². The SMILES string of the molecule is O=C(CCS)NCC(O)(c1ncco1)C(F)(F)F. The number of nitrogens with one attached hydrogen (secondary N) is 1. The second kappa shape index (κ2) is 5.61. The molecule has 2 N–H and O–H groups in total. The first-order valence-electron chi connectivity index (χ1n) is 4.88. The number of aliphatic hydroxyl groups is 1. The molecule has 102 valence electrons. The van der Waals surface area contributed by atoms with Gasteiger partial charge in [0, 0.05) is 6.42 Å². The fourth-order valence-electron chi connectivity index (χ4n) is 1.14. The van der Waals surface area contributed by atoms with Gasteiger partial charge in [-0.2, -0.15) is 25.8 Å². The Labute approximate surface area is 106 Å². The Bertz CT molecular complexity index is 396. The third kappa shape index (κ3) is 3.16. The van der Waals surface area contributed by atoms with E-state index in [1.165, 1.54) is 0 Å². The Balaban J connectivity index is 2.84. The number of halogens is 3. The van der Waals surface area contributed by atoms with E-state index in [0.717, 1.165) is 12.5 Å². The van der Waals surface area contributed by atoms with Gasteiger partial charge in [0.15, 0.2) is 0 Å². The van der Waals surface area contributed by atoms with Gasteiger partial charge in [-0.25, -0.2) is 4.98 Å². The Morgan fingerprint density at radius 1 is 1.56 bits per heavy atom. The molecule has 0 aliphatic rings. The van der Waals surface area contributed by atoms with E-state index >= 15 is 0 Å². The topological polar surface area (TPSA) is 75.4 Å². The molecule has 0 aliphatic heterocycles. The summed E-state index contributed by atoms with van der Waals surface area (Å²) in [6, 6.07) is 0. The van der Waals surface area contributed by atoms with Crippen LogP contribution in [0.3, 0.4) is 0 Å². The molecule has 1 heterocycles. The van der Waals surface area contributed by atoms with Crippen LogP contribution in [0.4, 0.5) is 13.2 Å². The number of oxazole rings is 1. The van der Waals surface area contributed by atoms with Crippen LogP contribution in [-0.4, -0.2) is 34.5 Å². The van der Waals surface area contributed by atoms with Gasteiger partial charge in [0.2, 0.25) is 11.8 Å². The Morgan fingerprint density at radius 2 is 2.22 bits per heavy atom. The first-order valence-corrected chi connectivity index (χ1v) is 5.51. The fraction of sp³-hybridized carbons (Fsp3) is 0.556. The van der Waals surface area contributed by atoms with Crippen molar-refractivity contribution in [2.24, 2.45) is 0 Å². The first-order chi connectivity index (χ1) is 8.31. The highest BCUT2D eigenvalue weighted by Gasteiger charge is 2.58. The number of hydrogen-bond donors (Lipinski definition) is 3. The summed E-state index contributed by atoms with van der Waals surface area (Å²) in [7, 11) is 0. The van der Waals surface area contributed by atoms with Gasteiger partial charge in [-0.05, 0) is 5.75 Å². The summed E-state index contributed by atoms with van der Waals surface area (Å²) in [5.74, 6) is -1.38. The molecule has 1 aromatic heterocycles. The zero-order chi connectivity index (χ0) is 13.8. The summed E-state index contributed by atoms with van der Waals surface area (Å²) in [5, 5.41) is 11.6. The molecule has 0 saturated heterocycles. The Kier molecular flexibility index (Phi) is 4.63. The highest BCUT2D eigenvalue weighted by molar-refractivity contribution is 7.80. The molecule has 1 atom stereocenters. The van der Waals surface area contributed by atoms with E-state index in [0.29, 0.717) is 0 Å². The lowest BCUT2D eigenvalue weighted by Gasteiger charge is -2.27. The van der Waals surface area contributed by atoms with Crippen molar-refractivity contribution in [3.8, 4) is 0 Å². The number of carbonyl (C=O) groups excluding carboxylic acids is 1. The van der Waals surface area contributed by atoms with Gasteiger partial charge >= 0.3 is 6.18 Å². The molecule has 1 unspecified atom stereocenters. The molecule has 0 fully saturated rings. The molecule has 0 spiro atoms. The minimum absolute atomic E-state index is 0.0529. The van der Waals surface area contributed by atoms with Crippen molar-refractivity contribution in [1.82, 2.24) is 10.3 Å². The normalized spacial score (nSPS) is 15.2. The van der Waals surface area contributed by atoms with Gasteiger partial charge in [-0.1, -0.05) is 0 Å². The van der Waals surface area contributed by atoms with Crippen LogP contribution >= 0.6 is 12.6 Å². The van der Waals surface area contributed by atoms with Crippen molar-refractivity contribution in [2.75, 3.05) is 12.3 Å². The fourth-order valence-corrected chi connectivity index (χ4v) is 1.34. The third-order valence-electron chi connectivity index (χ3n) is 2.14. The van der Waals surface area contributed by atoms with E-state index in [2.05, 4.69) is 22.0 Å². The molecular weight excluding hydrogens is 273 g/mol. The van der Waals surface area contributed by atoms with E-state index in [1.54, 1.807) is 0 Å². The monoisotopic (exact) mass is 284 g/mol. The molecule has 9 heteroatoms. The highest BCUT2D eigenvalue weighted by atomic mass is 32.1. The minimum atomic E-state index is -5.02. The van der Waals surface area contributed by atoms with Crippen molar-refractivity contribution in [1.29, 1.82) is 0 Å². The van der Waals surface area contributed by atoms with Crippen LogP contribution in [0.15, 0.2) is 16.9 Å². The zero-order valence-corrected chi connectivity index (χ0v) is 9.96. The standard InChI is InChI=1S/C9H11F3N2O3S/c10-9(11,12)8(16,7-13-2-3-17-7)5-14-6(15)1-4-18/h2-3,16,18H,1,4-5H2,(H,14,15). The Morgan fingerprint density at radius 3 is 2.67 bits per heavy atom. The predicted octanol–water partition coefficient (Wildman–Crippen LogP) is 0.861. The number of hydrogen-bond acceptors (Lipinski definition) is 5. The molecule has 0 bridgehead atoms. The van der Waals surface area contributed by atoms with Crippen LogP contribution in [0.2, 0.25) is 0 Å². The second-order valence-electron chi connectivity index (χ2n) is 3.45. The maximum atomic E-state index is 12.8. The maximum absolute atomic E-state index is 12.8. The molecule has 1 rings (SSSR count). The van der Waals surface area contributed by atoms with Crippen LogP contribution in [0.25, 0.3) is 0 Å². The van der Waals surface area contributed by atoms with Crippen LogP contribution in [0.5, 0.6) is 0 Å². The molecule has 1 aromatic rings. The lowest BCUT2D eigenvalue weighted by molar-refractivity contribution is -0.271. The average Bonchev–Trinajstić information content (AvgIpc) is 2.78. The van der Waals surface area contributed by atoms with Crippen molar-refractivity contribution in [3.63, 3.8) is 0 Å². The van der Waals surface area contributed by atoms with E-state index in [9.17, 15) is 23.1 Å². The minimum Gasteiger partial charge on any atom is -0.446 e. The number of alkyl halides is 3. The zero-order valence-electron chi connectivity index (χ0n) is 9.07. The number of thiol groups is 1. The van der Waals surface area contributed by atoms with Crippen molar-refractivity contribution >= 4 is 18.5 Å². The van der Waals surface area contributed by atoms with Crippen LogP contribution in [0.1, 0.15) is 12.3 Å². The molecule has 0 saturated carbocycles. The van der Waals surface area contributed by atoms with E-state index in [1.807, 2.05) is 5.32 Å². The van der Waals surface area contributed by atoms with E-state index < -0.39 is 30.1 Å². The maximum Gasteiger partial charge on any atom is 0.428 e. The summed E-state index contributed by atoms with van der Waals surface area (Å²) in [6.45, 7) is -1.07. The van der Waals surface area contributed by atoms with Crippen LogP contribution in [-0.2, 0) is 10.4 Å². The number of rotatable bonds is 5. The van der Waals surface area contributed by atoms with Gasteiger partial charge in [0.05, 0.1) is 12.7 Å². The average molecular weight is 284 g/mol. The van der Waals surface area contributed by atoms with Gasteiger partial charge in [0.25, 0.3) is 5.60 Å². The summed E-state index contributed by atoms with van der Waals surface area (Å²) >= 11 is 3.77. The van der Waals surface area contributed by atoms with E-state index in [-0.39, 0.29) is 12.2 Å². The van der Waals surface area contributed by atoms with Crippen molar-refractivity contribution in [2.45, 2.75) is 18.2 Å². The number of carbonyl (C=O) groups is 1. The highest BCUT2D eigenvalue weighted by Crippen LogP contribution is 2.37. The molecule has 0 aliphatic carbocycles.